The SMILES string of the molecule is CN=C(NCCc1ccc(OC)c(OC)c1OC)NCC(C)(C)c1ccccc1.I. The Bertz CT molecular complexity index is 811. The van der Waals surface area contributed by atoms with Crippen molar-refractivity contribution >= 4 is 29.9 Å². The van der Waals surface area contributed by atoms with Crippen LogP contribution in [0.1, 0.15) is 25.0 Å². The number of methoxy groups -OCH3 is 3. The maximum Gasteiger partial charge on any atom is 0.203 e. The first-order valence-corrected chi connectivity index (χ1v) is 9.74. The van der Waals surface area contributed by atoms with Gasteiger partial charge < -0.3 is 24.8 Å². The molecule has 0 saturated carbocycles. The molecule has 0 atom stereocenters. The lowest BCUT2D eigenvalue weighted by Gasteiger charge is -2.26. The molecule has 30 heavy (non-hydrogen) atoms. The fourth-order valence-corrected chi connectivity index (χ4v) is 3.19. The highest BCUT2D eigenvalue weighted by Crippen LogP contribution is 2.39. The van der Waals surface area contributed by atoms with Crippen molar-refractivity contribution in [2.45, 2.75) is 25.7 Å². The molecule has 0 aromatic heterocycles. The van der Waals surface area contributed by atoms with Crippen LogP contribution in [0.2, 0.25) is 0 Å². The lowest BCUT2D eigenvalue weighted by Crippen LogP contribution is -2.44. The van der Waals surface area contributed by atoms with Gasteiger partial charge in [-0.05, 0) is 18.1 Å². The van der Waals surface area contributed by atoms with Crippen molar-refractivity contribution in [1.82, 2.24) is 10.6 Å². The van der Waals surface area contributed by atoms with E-state index in [4.69, 9.17) is 14.2 Å². The van der Waals surface area contributed by atoms with Crippen LogP contribution in [-0.2, 0) is 11.8 Å². The van der Waals surface area contributed by atoms with Crippen LogP contribution in [0.15, 0.2) is 47.5 Å². The topological polar surface area (TPSA) is 64.1 Å². The largest absolute Gasteiger partial charge is 0.493 e. The highest BCUT2D eigenvalue weighted by Gasteiger charge is 2.20. The number of ether oxygens (including phenoxy) is 3. The Labute approximate surface area is 197 Å². The summed E-state index contributed by atoms with van der Waals surface area (Å²) in [5.41, 5.74) is 2.32. The van der Waals surface area contributed by atoms with E-state index >= 15 is 0 Å². The second kappa shape index (κ2) is 12.5. The molecule has 0 aliphatic carbocycles. The Morgan fingerprint density at radius 2 is 1.57 bits per heavy atom. The number of hydrogen-bond donors (Lipinski definition) is 2. The molecule has 2 aromatic carbocycles. The van der Waals surface area contributed by atoms with Crippen LogP contribution in [-0.4, -0.2) is 47.4 Å². The van der Waals surface area contributed by atoms with E-state index in [1.54, 1.807) is 28.4 Å². The van der Waals surface area contributed by atoms with E-state index in [0.29, 0.717) is 23.8 Å². The van der Waals surface area contributed by atoms with E-state index < -0.39 is 0 Å². The molecule has 166 valence electrons. The number of hydrogen-bond acceptors (Lipinski definition) is 4. The quantitative estimate of drug-likeness (QED) is 0.293. The Kier molecular flexibility index (Phi) is 10.8. The lowest BCUT2D eigenvalue weighted by atomic mass is 9.85. The third kappa shape index (κ3) is 6.68. The smallest absolute Gasteiger partial charge is 0.203 e. The molecule has 0 spiro atoms. The minimum Gasteiger partial charge on any atom is -0.493 e. The van der Waals surface area contributed by atoms with E-state index in [2.05, 4.69) is 53.7 Å². The van der Waals surface area contributed by atoms with Gasteiger partial charge in [0.05, 0.1) is 21.3 Å². The van der Waals surface area contributed by atoms with Crippen molar-refractivity contribution in [2.75, 3.05) is 41.5 Å². The van der Waals surface area contributed by atoms with Gasteiger partial charge in [-0.3, -0.25) is 4.99 Å². The first-order chi connectivity index (χ1) is 14.0. The predicted octanol–water partition coefficient (Wildman–Crippen LogP) is 4.02. The molecule has 0 bridgehead atoms. The Morgan fingerprint density at radius 1 is 0.900 bits per heavy atom. The zero-order valence-corrected chi connectivity index (χ0v) is 21.1. The third-order valence-corrected chi connectivity index (χ3v) is 4.95. The molecule has 0 amide bonds. The summed E-state index contributed by atoms with van der Waals surface area (Å²) >= 11 is 0. The normalized spacial score (nSPS) is 11.3. The van der Waals surface area contributed by atoms with E-state index in [9.17, 15) is 0 Å². The average molecular weight is 527 g/mol. The molecule has 0 aliphatic rings. The van der Waals surface area contributed by atoms with Crippen molar-refractivity contribution in [3.8, 4) is 17.2 Å². The molecule has 6 nitrogen and oxygen atoms in total. The van der Waals surface area contributed by atoms with Crippen LogP contribution >= 0.6 is 24.0 Å². The molecule has 2 N–H and O–H groups in total. The molecule has 0 unspecified atom stereocenters. The van der Waals surface area contributed by atoms with E-state index in [1.807, 2.05) is 18.2 Å². The van der Waals surface area contributed by atoms with Crippen molar-refractivity contribution < 1.29 is 14.2 Å². The van der Waals surface area contributed by atoms with Crippen LogP contribution < -0.4 is 24.8 Å². The zero-order chi connectivity index (χ0) is 21.3. The minimum absolute atomic E-state index is 0. The van der Waals surface area contributed by atoms with Gasteiger partial charge in [0.15, 0.2) is 17.5 Å². The Balaban J connectivity index is 0.00000450. The highest BCUT2D eigenvalue weighted by atomic mass is 127. The van der Waals surface area contributed by atoms with Gasteiger partial charge in [-0.15, -0.1) is 24.0 Å². The second-order valence-electron chi connectivity index (χ2n) is 7.35. The molecule has 7 heteroatoms. The molecule has 0 fully saturated rings. The number of benzene rings is 2. The molecule has 0 saturated heterocycles. The second-order valence-corrected chi connectivity index (χ2v) is 7.35. The lowest BCUT2D eigenvalue weighted by molar-refractivity contribution is 0.322. The predicted molar refractivity (Wildman–Crippen MR) is 134 cm³/mol. The van der Waals surface area contributed by atoms with Crippen LogP contribution in [0.4, 0.5) is 0 Å². The summed E-state index contributed by atoms with van der Waals surface area (Å²) in [5.74, 6) is 2.73. The number of rotatable bonds is 9. The van der Waals surface area contributed by atoms with Gasteiger partial charge in [-0.25, -0.2) is 0 Å². The average Bonchev–Trinajstić information content (AvgIpc) is 2.75. The van der Waals surface area contributed by atoms with Gasteiger partial charge in [0, 0.05) is 31.1 Å². The van der Waals surface area contributed by atoms with E-state index in [-0.39, 0.29) is 29.4 Å². The van der Waals surface area contributed by atoms with Crippen LogP contribution in [0.3, 0.4) is 0 Å². The number of halogens is 1. The van der Waals surface area contributed by atoms with Gasteiger partial charge in [0.25, 0.3) is 0 Å². The van der Waals surface area contributed by atoms with Gasteiger partial charge in [0.2, 0.25) is 5.75 Å². The van der Waals surface area contributed by atoms with Crippen molar-refractivity contribution in [3.05, 3.63) is 53.6 Å². The van der Waals surface area contributed by atoms with Crippen molar-refractivity contribution in [3.63, 3.8) is 0 Å². The summed E-state index contributed by atoms with van der Waals surface area (Å²) in [6, 6.07) is 14.4. The van der Waals surface area contributed by atoms with Crippen LogP contribution in [0, 0.1) is 0 Å². The molecule has 2 aromatic rings. The zero-order valence-electron chi connectivity index (χ0n) is 18.7. The first kappa shape index (κ1) is 25.9. The van der Waals surface area contributed by atoms with Gasteiger partial charge in [0.1, 0.15) is 0 Å². The maximum absolute atomic E-state index is 5.56. The maximum atomic E-state index is 5.56. The Hall–Kier alpha value is -2.16. The molecule has 2 rings (SSSR count). The summed E-state index contributed by atoms with van der Waals surface area (Å²) in [4.78, 5) is 4.34. The minimum atomic E-state index is -0.00848. The summed E-state index contributed by atoms with van der Waals surface area (Å²) in [6.07, 6.45) is 0.756. The number of nitrogens with one attached hydrogen (secondary N) is 2. The van der Waals surface area contributed by atoms with E-state index in [1.165, 1.54) is 5.56 Å². The van der Waals surface area contributed by atoms with Crippen molar-refractivity contribution in [1.29, 1.82) is 0 Å². The number of aliphatic imine (C=N–C) groups is 1. The molecule has 0 radical (unpaired) electrons. The summed E-state index contributed by atoms with van der Waals surface area (Å²) in [6.45, 7) is 5.92. The molecular formula is C23H34IN3O3. The van der Waals surface area contributed by atoms with Crippen LogP contribution in [0.5, 0.6) is 17.2 Å². The first-order valence-electron chi connectivity index (χ1n) is 9.74. The Morgan fingerprint density at radius 3 is 2.13 bits per heavy atom. The molecular weight excluding hydrogens is 493 g/mol. The summed E-state index contributed by atoms with van der Waals surface area (Å²) in [5, 5.41) is 6.80. The number of nitrogens with zero attached hydrogens (tertiary/aromatic N) is 1. The van der Waals surface area contributed by atoms with Crippen molar-refractivity contribution in [2.24, 2.45) is 4.99 Å². The third-order valence-electron chi connectivity index (χ3n) is 4.95. The van der Waals surface area contributed by atoms with E-state index in [0.717, 1.165) is 24.5 Å². The van der Waals surface area contributed by atoms with Gasteiger partial charge in [-0.2, -0.15) is 0 Å². The summed E-state index contributed by atoms with van der Waals surface area (Å²) < 4.78 is 16.4. The van der Waals surface area contributed by atoms with Gasteiger partial charge >= 0.3 is 0 Å². The molecule has 0 heterocycles. The molecule has 0 aliphatic heterocycles. The monoisotopic (exact) mass is 527 g/mol. The number of guanidine groups is 1. The highest BCUT2D eigenvalue weighted by molar-refractivity contribution is 14.0. The standard InChI is InChI=1S/C23H33N3O3.HI/c1-23(2,18-10-8-7-9-11-18)16-26-22(24-3)25-15-14-17-12-13-19(27-4)21(29-6)20(17)28-5;/h7-13H,14-16H2,1-6H3,(H2,24,25,26);1H. The van der Waals surface area contributed by atoms with Crippen LogP contribution in [0.25, 0.3) is 0 Å². The van der Waals surface area contributed by atoms with Gasteiger partial charge in [-0.1, -0.05) is 50.2 Å². The fraction of sp³-hybridized carbons (Fsp3) is 0.435. The summed E-state index contributed by atoms with van der Waals surface area (Å²) in [7, 11) is 6.65. The fourth-order valence-electron chi connectivity index (χ4n) is 3.19.